The molecule has 10 heteroatoms. The van der Waals surface area contributed by atoms with Crippen LogP contribution in [0.25, 0.3) is 0 Å². The lowest BCUT2D eigenvalue weighted by atomic mass is 10.1. The SMILES string of the molecule is C[C@@H]1CN(C(=O)OC(C)(C)C)C[C@H](C)N1C(=O)OCc1cc(OCOCC[Si](C)(C)C)ccc1F. The van der Waals surface area contributed by atoms with Crippen molar-refractivity contribution in [2.45, 2.75) is 84.6 Å². The highest BCUT2D eigenvalue weighted by molar-refractivity contribution is 6.76. The molecule has 198 valence electrons. The normalized spacial score (nSPS) is 18.9. The van der Waals surface area contributed by atoms with Gasteiger partial charge >= 0.3 is 12.2 Å². The van der Waals surface area contributed by atoms with Crippen LogP contribution in [0.2, 0.25) is 25.7 Å². The Morgan fingerprint density at radius 1 is 1.09 bits per heavy atom. The van der Waals surface area contributed by atoms with Crippen LogP contribution in [-0.4, -0.2) is 74.2 Å². The van der Waals surface area contributed by atoms with Gasteiger partial charge in [-0.3, -0.25) is 4.90 Å². The van der Waals surface area contributed by atoms with Crippen LogP contribution in [0.15, 0.2) is 18.2 Å². The van der Waals surface area contributed by atoms with E-state index < -0.39 is 31.7 Å². The van der Waals surface area contributed by atoms with Crippen molar-refractivity contribution in [1.29, 1.82) is 0 Å². The molecule has 2 rings (SSSR count). The number of ether oxygens (including phenoxy) is 4. The highest BCUT2D eigenvalue weighted by Crippen LogP contribution is 2.22. The lowest BCUT2D eigenvalue weighted by Gasteiger charge is -2.43. The maximum absolute atomic E-state index is 14.3. The molecule has 1 heterocycles. The van der Waals surface area contributed by atoms with Crippen LogP contribution in [0.4, 0.5) is 14.0 Å². The summed E-state index contributed by atoms with van der Waals surface area (Å²) >= 11 is 0. The van der Waals surface area contributed by atoms with Crippen molar-refractivity contribution in [1.82, 2.24) is 9.80 Å². The minimum Gasteiger partial charge on any atom is -0.468 e. The number of piperazine rings is 1. The fourth-order valence-electron chi connectivity index (χ4n) is 3.67. The molecule has 2 atom stereocenters. The fraction of sp³-hybridized carbons (Fsp3) is 0.680. The molecular formula is C25H41FN2O6Si. The van der Waals surface area contributed by atoms with Gasteiger partial charge in [0.2, 0.25) is 0 Å². The monoisotopic (exact) mass is 512 g/mol. The molecule has 1 saturated heterocycles. The molecule has 0 spiro atoms. The van der Waals surface area contributed by atoms with Gasteiger partial charge in [0.1, 0.15) is 23.8 Å². The van der Waals surface area contributed by atoms with Crippen molar-refractivity contribution in [2.24, 2.45) is 0 Å². The number of hydrogen-bond acceptors (Lipinski definition) is 6. The summed E-state index contributed by atoms with van der Waals surface area (Å²) < 4.78 is 36.3. The molecule has 0 aliphatic carbocycles. The third kappa shape index (κ3) is 9.68. The second kappa shape index (κ2) is 12.1. The number of halogens is 1. The van der Waals surface area contributed by atoms with Crippen molar-refractivity contribution < 1.29 is 32.9 Å². The zero-order valence-electron chi connectivity index (χ0n) is 22.4. The molecule has 8 nitrogen and oxygen atoms in total. The maximum Gasteiger partial charge on any atom is 0.410 e. The molecule has 35 heavy (non-hydrogen) atoms. The second-order valence-electron chi connectivity index (χ2n) is 11.3. The Balaban J connectivity index is 1.89. The molecule has 1 aliphatic rings. The summed E-state index contributed by atoms with van der Waals surface area (Å²) in [6.07, 6.45) is -0.971. The van der Waals surface area contributed by atoms with Crippen LogP contribution in [0.1, 0.15) is 40.2 Å². The van der Waals surface area contributed by atoms with E-state index in [0.29, 0.717) is 25.4 Å². The minimum absolute atomic E-state index is 0.0757. The number of carbonyl (C=O) groups is 2. The van der Waals surface area contributed by atoms with Gasteiger partial charge in [0.15, 0.2) is 6.79 Å². The predicted molar refractivity (Wildman–Crippen MR) is 135 cm³/mol. The number of amides is 2. The first kappa shape index (κ1) is 28.9. The Hall–Kier alpha value is -2.33. The van der Waals surface area contributed by atoms with E-state index in [1.54, 1.807) is 9.80 Å². The molecule has 0 radical (unpaired) electrons. The Morgan fingerprint density at radius 3 is 2.29 bits per heavy atom. The standard InChI is InChI=1S/C25H41FN2O6Si/c1-18-14-27(23(29)34-25(3,4)5)15-19(2)28(18)24(30)32-16-20-13-21(9-10-22(20)26)33-17-31-11-12-35(6,7)8/h9-10,13,18-19H,11-12,14-17H2,1-8H3/t18-,19+. The molecular weight excluding hydrogens is 471 g/mol. The van der Waals surface area contributed by atoms with Crippen molar-refractivity contribution in [3.05, 3.63) is 29.6 Å². The molecule has 1 aromatic rings. The maximum atomic E-state index is 14.3. The lowest BCUT2D eigenvalue weighted by molar-refractivity contribution is -0.00985. The van der Waals surface area contributed by atoms with E-state index >= 15 is 0 Å². The summed E-state index contributed by atoms with van der Waals surface area (Å²) in [6.45, 7) is 17.0. The summed E-state index contributed by atoms with van der Waals surface area (Å²) in [5.74, 6) is -0.0428. The van der Waals surface area contributed by atoms with Gasteiger partial charge in [-0.25, -0.2) is 14.0 Å². The summed E-state index contributed by atoms with van der Waals surface area (Å²) in [5.41, 5.74) is -0.382. The van der Waals surface area contributed by atoms with E-state index in [4.69, 9.17) is 18.9 Å². The van der Waals surface area contributed by atoms with Gasteiger partial charge in [-0.1, -0.05) is 19.6 Å². The van der Waals surface area contributed by atoms with Crippen LogP contribution in [0, 0.1) is 5.82 Å². The molecule has 2 amide bonds. The first-order valence-electron chi connectivity index (χ1n) is 12.1. The van der Waals surface area contributed by atoms with Gasteiger partial charge in [0, 0.05) is 33.3 Å². The second-order valence-corrected chi connectivity index (χ2v) is 16.9. The van der Waals surface area contributed by atoms with Gasteiger partial charge < -0.3 is 23.8 Å². The van der Waals surface area contributed by atoms with Crippen LogP contribution in [0.3, 0.4) is 0 Å². The van der Waals surface area contributed by atoms with E-state index in [-0.39, 0.29) is 31.0 Å². The molecule has 0 N–H and O–H groups in total. The third-order valence-corrected chi connectivity index (χ3v) is 7.16. The van der Waals surface area contributed by atoms with Crippen molar-refractivity contribution in [3.8, 4) is 5.75 Å². The van der Waals surface area contributed by atoms with Gasteiger partial charge in [-0.05, 0) is 58.9 Å². The van der Waals surface area contributed by atoms with E-state index in [9.17, 15) is 14.0 Å². The van der Waals surface area contributed by atoms with Crippen molar-refractivity contribution in [2.75, 3.05) is 26.5 Å². The topological polar surface area (TPSA) is 77.5 Å². The Labute approximate surface area is 209 Å². The molecule has 0 aromatic heterocycles. The molecule has 1 fully saturated rings. The average Bonchev–Trinajstić information content (AvgIpc) is 2.71. The van der Waals surface area contributed by atoms with Crippen LogP contribution in [-0.2, 0) is 20.8 Å². The first-order valence-corrected chi connectivity index (χ1v) is 15.8. The quantitative estimate of drug-likeness (QED) is 0.261. The Kier molecular flexibility index (Phi) is 9.97. The van der Waals surface area contributed by atoms with Crippen molar-refractivity contribution >= 4 is 20.3 Å². The van der Waals surface area contributed by atoms with Crippen LogP contribution < -0.4 is 4.74 Å². The van der Waals surface area contributed by atoms with Crippen LogP contribution in [0.5, 0.6) is 5.75 Å². The van der Waals surface area contributed by atoms with Gasteiger partial charge in [-0.2, -0.15) is 0 Å². The lowest BCUT2D eigenvalue weighted by Crippen LogP contribution is -2.60. The Bertz CT molecular complexity index is 858. The predicted octanol–water partition coefficient (Wildman–Crippen LogP) is 5.48. The van der Waals surface area contributed by atoms with E-state index in [1.165, 1.54) is 18.2 Å². The summed E-state index contributed by atoms with van der Waals surface area (Å²) in [5, 5.41) is 0. The van der Waals surface area contributed by atoms with Crippen molar-refractivity contribution in [3.63, 3.8) is 0 Å². The van der Waals surface area contributed by atoms with E-state index in [0.717, 1.165) is 6.04 Å². The van der Waals surface area contributed by atoms with Gasteiger partial charge in [-0.15, -0.1) is 0 Å². The van der Waals surface area contributed by atoms with Gasteiger partial charge in [0.25, 0.3) is 0 Å². The smallest absolute Gasteiger partial charge is 0.410 e. The highest BCUT2D eigenvalue weighted by atomic mass is 28.3. The highest BCUT2D eigenvalue weighted by Gasteiger charge is 2.37. The molecule has 0 unspecified atom stereocenters. The number of benzene rings is 1. The van der Waals surface area contributed by atoms with Crippen LogP contribution >= 0.6 is 0 Å². The minimum atomic E-state index is -1.18. The molecule has 0 bridgehead atoms. The summed E-state index contributed by atoms with van der Waals surface area (Å²) in [7, 11) is -1.18. The summed E-state index contributed by atoms with van der Waals surface area (Å²) in [6, 6.07) is 4.77. The molecule has 1 aromatic carbocycles. The number of carbonyl (C=O) groups excluding carboxylic acids is 2. The first-order chi connectivity index (χ1) is 16.2. The van der Waals surface area contributed by atoms with E-state index in [2.05, 4.69) is 19.6 Å². The van der Waals surface area contributed by atoms with E-state index in [1.807, 2.05) is 34.6 Å². The molecule has 0 saturated carbocycles. The zero-order chi connectivity index (χ0) is 26.4. The average molecular weight is 513 g/mol. The molecule has 1 aliphatic heterocycles. The summed E-state index contributed by atoms with van der Waals surface area (Å²) in [4.78, 5) is 28.4. The number of hydrogen-bond donors (Lipinski definition) is 0. The largest absolute Gasteiger partial charge is 0.468 e. The number of nitrogens with zero attached hydrogens (tertiary/aromatic N) is 2. The fourth-order valence-corrected chi connectivity index (χ4v) is 4.43. The Morgan fingerprint density at radius 2 is 1.71 bits per heavy atom. The van der Waals surface area contributed by atoms with Gasteiger partial charge in [0.05, 0.1) is 12.1 Å². The zero-order valence-corrected chi connectivity index (χ0v) is 23.4. The number of rotatable bonds is 8. The third-order valence-electron chi connectivity index (χ3n) is 5.46.